The van der Waals surface area contributed by atoms with Crippen molar-refractivity contribution in [1.29, 1.82) is 0 Å². The molecule has 1 unspecified atom stereocenters. The van der Waals surface area contributed by atoms with Crippen LogP contribution >= 0.6 is 23.1 Å². The van der Waals surface area contributed by atoms with Crippen molar-refractivity contribution in [2.75, 3.05) is 18.2 Å². The molecule has 0 bridgehead atoms. The second kappa shape index (κ2) is 10.7. The first-order valence-electron chi connectivity index (χ1n) is 10.6. The number of benzene rings is 2. The molecule has 2 aromatic carbocycles. The Morgan fingerprint density at radius 1 is 1.26 bits per heavy atom. The number of hydrogen-bond donors (Lipinski definition) is 1. The van der Waals surface area contributed by atoms with Crippen molar-refractivity contribution in [2.24, 2.45) is 0 Å². The molecule has 1 N–H and O–H groups in total. The number of anilines is 1. The third-order valence-electron chi connectivity index (χ3n) is 4.97. The van der Waals surface area contributed by atoms with Gasteiger partial charge in [0.05, 0.1) is 23.1 Å². The van der Waals surface area contributed by atoms with Gasteiger partial charge in [-0.2, -0.15) is 0 Å². The van der Waals surface area contributed by atoms with E-state index in [0.29, 0.717) is 34.2 Å². The zero-order valence-electron chi connectivity index (χ0n) is 19.1. The summed E-state index contributed by atoms with van der Waals surface area (Å²) in [7, 11) is 1.61. The molecule has 0 aliphatic heterocycles. The number of fused-ring (bicyclic) bond motifs is 1. The summed E-state index contributed by atoms with van der Waals surface area (Å²) >= 11 is 2.77. The highest BCUT2D eigenvalue weighted by atomic mass is 32.2. The lowest BCUT2D eigenvalue weighted by atomic mass is 10.2. The zero-order valence-corrected chi connectivity index (χ0v) is 20.8. The number of hydrogen-bond acceptors (Lipinski definition) is 8. The standard InChI is InChI=1S/C24H25N5O3S2/c1-5-12-29-22(16(3)32-18-10-7-9-17(13-18)31-4)27-28-24(29)33-14-20(30)25-23-26-21-15(2)8-6-11-19(21)34-23/h5-11,13,16H,1,12,14H2,2-4H3,(H,25,26,30). The number of ether oxygens (including phenoxy) is 2. The van der Waals surface area contributed by atoms with Crippen molar-refractivity contribution in [3.05, 3.63) is 66.5 Å². The fourth-order valence-electron chi connectivity index (χ4n) is 3.36. The monoisotopic (exact) mass is 495 g/mol. The molecule has 8 nitrogen and oxygen atoms in total. The van der Waals surface area contributed by atoms with E-state index >= 15 is 0 Å². The van der Waals surface area contributed by atoms with Crippen molar-refractivity contribution in [3.63, 3.8) is 0 Å². The fraction of sp³-hybridized carbons (Fsp3) is 0.250. The molecule has 0 aliphatic rings. The first-order valence-corrected chi connectivity index (χ1v) is 12.4. The van der Waals surface area contributed by atoms with E-state index in [1.165, 1.54) is 23.1 Å². The lowest BCUT2D eigenvalue weighted by Gasteiger charge is -2.16. The van der Waals surface area contributed by atoms with E-state index in [1.54, 1.807) is 13.2 Å². The molecular formula is C24H25N5O3S2. The summed E-state index contributed by atoms with van der Waals surface area (Å²) in [5.74, 6) is 2.04. The van der Waals surface area contributed by atoms with Gasteiger partial charge in [0.1, 0.15) is 11.5 Å². The maximum atomic E-state index is 12.6. The highest BCUT2D eigenvalue weighted by Gasteiger charge is 2.20. The molecule has 34 heavy (non-hydrogen) atoms. The van der Waals surface area contributed by atoms with Gasteiger partial charge in [-0.05, 0) is 37.6 Å². The van der Waals surface area contributed by atoms with Crippen molar-refractivity contribution in [2.45, 2.75) is 31.7 Å². The van der Waals surface area contributed by atoms with Crippen molar-refractivity contribution >= 4 is 44.4 Å². The van der Waals surface area contributed by atoms with E-state index < -0.39 is 0 Å². The maximum absolute atomic E-state index is 12.6. The number of methoxy groups -OCH3 is 1. The lowest BCUT2D eigenvalue weighted by molar-refractivity contribution is -0.113. The van der Waals surface area contributed by atoms with Crippen LogP contribution in [0.1, 0.15) is 24.4 Å². The normalized spacial score (nSPS) is 11.9. The van der Waals surface area contributed by atoms with Crippen molar-refractivity contribution in [1.82, 2.24) is 19.7 Å². The topological polar surface area (TPSA) is 91.2 Å². The van der Waals surface area contributed by atoms with Gasteiger partial charge in [-0.3, -0.25) is 9.36 Å². The van der Waals surface area contributed by atoms with Gasteiger partial charge in [0.2, 0.25) is 5.91 Å². The summed E-state index contributed by atoms with van der Waals surface area (Å²) in [4.78, 5) is 17.1. The van der Waals surface area contributed by atoms with Gasteiger partial charge in [0, 0.05) is 12.6 Å². The molecule has 4 aromatic rings. The highest BCUT2D eigenvalue weighted by molar-refractivity contribution is 7.99. The summed E-state index contributed by atoms with van der Waals surface area (Å²) in [6.07, 6.45) is 1.40. The second-order valence-electron chi connectivity index (χ2n) is 7.46. The second-order valence-corrected chi connectivity index (χ2v) is 9.43. The average molecular weight is 496 g/mol. The molecule has 0 aliphatic carbocycles. The quantitative estimate of drug-likeness (QED) is 0.237. The minimum atomic E-state index is -0.367. The number of allylic oxidation sites excluding steroid dienone is 1. The Morgan fingerprint density at radius 3 is 2.82 bits per heavy atom. The molecule has 2 heterocycles. The minimum Gasteiger partial charge on any atom is -0.497 e. The van der Waals surface area contributed by atoms with Crippen LogP contribution in [0, 0.1) is 6.92 Å². The Labute approximate surface area is 206 Å². The molecular weight excluding hydrogens is 470 g/mol. The number of amides is 1. The SMILES string of the molecule is C=CCn1c(SCC(=O)Nc2nc3c(C)cccc3s2)nnc1C(C)Oc1cccc(OC)c1. The molecule has 1 atom stereocenters. The van der Waals surface area contributed by atoms with Gasteiger partial charge in [-0.1, -0.05) is 47.4 Å². The van der Waals surface area contributed by atoms with E-state index in [0.717, 1.165) is 15.8 Å². The molecule has 176 valence electrons. The van der Waals surface area contributed by atoms with Crippen LogP contribution in [-0.2, 0) is 11.3 Å². The molecule has 0 radical (unpaired) electrons. The number of aryl methyl sites for hydroxylation is 1. The number of nitrogens with one attached hydrogen (secondary N) is 1. The molecule has 0 fully saturated rings. The first kappa shape index (κ1) is 23.8. The van der Waals surface area contributed by atoms with Crippen LogP contribution in [0.5, 0.6) is 11.5 Å². The number of rotatable bonds is 10. The number of thioether (sulfide) groups is 1. The Kier molecular flexibility index (Phi) is 7.49. The minimum absolute atomic E-state index is 0.155. The van der Waals surface area contributed by atoms with Crippen LogP contribution in [0.25, 0.3) is 10.2 Å². The van der Waals surface area contributed by atoms with Gasteiger partial charge in [0.25, 0.3) is 0 Å². The lowest BCUT2D eigenvalue weighted by Crippen LogP contribution is -2.15. The molecule has 2 aromatic heterocycles. The first-order chi connectivity index (χ1) is 16.5. The third kappa shape index (κ3) is 5.40. The van der Waals surface area contributed by atoms with Crippen molar-refractivity contribution in [3.8, 4) is 11.5 Å². The van der Waals surface area contributed by atoms with Crippen LogP contribution in [0.4, 0.5) is 5.13 Å². The Hall–Kier alpha value is -3.37. The van der Waals surface area contributed by atoms with E-state index in [1.807, 2.05) is 60.9 Å². The molecule has 0 saturated heterocycles. The third-order valence-corrected chi connectivity index (χ3v) is 6.88. The van der Waals surface area contributed by atoms with Crippen LogP contribution < -0.4 is 14.8 Å². The Bertz CT molecular complexity index is 1320. The van der Waals surface area contributed by atoms with Gasteiger partial charge >= 0.3 is 0 Å². The number of nitrogens with zero attached hydrogens (tertiary/aromatic N) is 4. The average Bonchev–Trinajstić information content (AvgIpc) is 3.42. The number of thiazole rings is 1. The zero-order chi connectivity index (χ0) is 24.1. The van der Waals surface area contributed by atoms with Crippen LogP contribution in [0.3, 0.4) is 0 Å². The Balaban J connectivity index is 1.42. The molecule has 4 rings (SSSR count). The van der Waals surface area contributed by atoms with Gasteiger partial charge in [-0.15, -0.1) is 16.8 Å². The van der Waals surface area contributed by atoms with E-state index in [9.17, 15) is 4.79 Å². The summed E-state index contributed by atoms with van der Waals surface area (Å²) in [5.41, 5.74) is 2.00. The summed E-state index contributed by atoms with van der Waals surface area (Å²) in [6.45, 7) is 8.24. The summed E-state index contributed by atoms with van der Waals surface area (Å²) in [6, 6.07) is 13.4. The van der Waals surface area contributed by atoms with E-state index in [4.69, 9.17) is 9.47 Å². The fourth-order valence-corrected chi connectivity index (χ4v) is 5.08. The molecule has 0 spiro atoms. The van der Waals surface area contributed by atoms with Gasteiger partial charge in [0.15, 0.2) is 22.2 Å². The summed E-state index contributed by atoms with van der Waals surface area (Å²) < 4.78 is 14.3. The maximum Gasteiger partial charge on any atom is 0.236 e. The number of carbonyl (C=O) groups is 1. The van der Waals surface area contributed by atoms with Crippen molar-refractivity contribution < 1.29 is 14.3 Å². The smallest absolute Gasteiger partial charge is 0.236 e. The van der Waals surface area contributed by atoms with Crippen LogP contribution in [-0.4, -0.2) is 38.5 Å². The van der Waals surface area contributed by atoms with Crippen LogP contribution in [0.15, 0.2) is 60.3 Å². The van der Waals surface area contributed by atoms with Gasteiger partial charge < -0.3 is 14.8 Å². The molecule has 1 amide bonds. The number of para-hydroxylation sites is 1. The highest BCUT2D eigenvalue weighted by Crippen LogP contribution is 2.29. The van der Waals surface area contributed by atoms with Gasteiger partial charge in [-0.25, -0.2) is 4.98 Å². The van der Waals surface area contributed by atoms with Crippen LogP contribution in [0.2, 0.25) is 0 Å². The molecule has 0 saturated carbocycles. The predicted octanol–water partition coefficient (Wildman–Crippen LogP) is 5.26. The molecule has 10 heteroatoms. The summed E-state index contributed by atoms with van der Waals surface area (Å²) in [5, 5.41) is 12.7. The Morgan fingerprint density at radius 2 is 2.06 bits per heavy atom. The predicted molar refractivity (Wildman–Crippen MR) is 136 cm³/mol. The number of aromatic nitrogens is 4. The number of carbonyl (C=O) groups excluding carboxylic acids is 1. The van der Waals surface area contributed by atoms with E-state index in [2.05, 4.69) is 27.1 Å². The largest absolute Gasteiger partial charge is 0.497 e. The van der Waals surface area contributed by atoms with E-state index in [-0.39, 0.29) is 17.8 Å².